The van der Waals surface area contributed by atoms with Gasteiger partial charge in [-0.15, -0.1) is 5.10 Å². The van der Waals surface area contributed by atoms with E-state index in [0.717, 1.165) is 16.7 Å². The molecule has 36 heavy (non-hydrogen) atoms. The molecule has 5 rings (SSSR count). The van der Waals surface area contributed by atoms with Crippen LogP contribution in [0.1, 0.15) is 29.3 Å². The Hall–Kier alpha value is -4.16. The maximum atomic E-state index is 11.6. The Labute approximate surface area is 214 Å². The summed E-state index contributed by atoms with van der Waals surface area (Å²) in [5.41, 5.74) is 3.31. The zero-order valence-corrected chi connectivity index (χ0v) is 20.6. The number of halogens is 1. The number of fused-ring (bicyclic) bond motifs is 1. The maximum Gasteiger partial charge on any atom is 0.303 e. The number of benzene rings is 3. The van der Waals surface area contributed by atoms with E-state index < -0.39 is 11.5 Å². The summed E-state index contributed by atoms with van der Waals surface area (Å²) < 4.78 is 13.0. The first kappa shape index (κ1) is 23.6. The Kier molecular flexibility index (Phi) is 6.44. The highest BCUT2D eigenvalue weighted by Crippen LogP contribution is 2.44. The van der Waals surface area contributed by atoms with Crippen LogP contribution in [0.4, 0.5) is 0 Å². The monoisotopic (exact) mass is 497 g/mol. The molecule has 3 aromatic carbocycles. The molecule has 2 aromatic heterocycles. The molecular weight excluding hydrogens is 474 g/mol. The van der Waals surface area contributed by atoms with E-state index in [1.165, 1.54) is 6.92 Å². The standard InChI is InChI=1S/C29H24ClN3O3/c1-20(34)36-19-24-27-25(18-26(30)31-24)33(32-28(27)35-2)29(21-12-6-3-7-13-21,22-14-8-4-9-15-22)23-16-10-5-11-17-23/h3-18H,19H2,1-2H3. The Bertz CT molecular complexity index is 1410. The molecule has 5 aromatic rings. The zero-order valence-electron chi connectivity index (χ0n) is 19.9. The molecule has 0 aliphatic heterocycles. The van der Waals surface area contributed by atoms with Gasteiger partial charge in [-0.25, -0.2) is 9.67 Å². The molecule has 0 N–H and O–H groups in total. The van der Waals surface area contributed by atoms with Crippen molar-refractivity contribution in [3.05, 3.63) is 125 Å². The molecule has 0 saturated carbocycles. The van der Waals surface area contributed by atoms with Gasteiger partial charge in [0.05, 0.1) is 23.7 Å². The molecule has 0 amide bonds. The largest absolute Gasteiger partial charge is 0.479 e. The van der Waals surface area contributed by atoms with Gasteiger partial charge in [0.1, 0.15) is 17.3 Å². The van der Waals surface area contributed by atoms with Crippen LogP contribution < -0.4 is 4.74 Å². The molecule has 6 nitrogen and oxygen atoms in total. The fraction of sp³-hybridized carbons (Fsp3) is 0.138. The lowest BCUT2D eigenvalue weighted by molar-refractivity contribution is -0.142. The maximum absolute atomic E-state index is 11.6. The van der Waals surface area contributed by atoms with E-state index in [0.29, 0.717) is 22.5 Å². The lowest BCUT2D eigenvalue weighted by Crippen LogP contribution is -2.38. The smallest absolute Gasteiger partial charge is 0.303 e. The molecule has 0 bridgehead atoms. The molecule has 0 atom stereocenters. The van der Waals surface area contributed by atoms with Crippen molar-refractivity contribution < 1.29 is 14.3 Å². The minimum absolute atomic E-state index is 0.0521. The van der Waals surface area contributed by atoms with Crippen molar-refractivity contribution in [1.82, 2.24) is 14.8 Å². The second-order valence-corrected chi connectivity index (χ2v) is 8.68. The Morgan fingerprint density at radius 1 is 0.889 bits per heavy atom. The SMILES string of the molecule is COc1nn(C(c2ccccc2)(c2ccccc2)c2ccccc2)c2cc(Cl)nc(COC(C)=O)c12. The molecule has 0 aliphatic carbocycles. The number of esters is 1. The third kappa shape index (κ3) is 3.99. The normalized spacial score (nSPS) is 11.4. The summed E-state index contributed by atoms with van der Waals surface area (Å²) in [6.07, 6.45) is 0. The Morgan fingerprint density at radius 3 is 1.83 bits per heavy atom. The molecule has 0 unspecified atom stereocenters. The van der Waals surface area contributed by atoms with Crippen LogP contribution in [0.5, 0.6) is 5.88 Å². The van der Waals surface area contributed by atoms with Gasteiger partial charge < -0.3 is 9.47 Å². The molecule has 0 aliphatic rings. The van der Waals surface area contributed by atoms with Crippen LogP contribution in [0, 0.1) is 0 Å². The molecule has 0 spiro atoms. The minimum Gasteiger partial charge on any atom is -0.479 e. The summed E-state index contributed by atoms with van der Waals surface area (Å²) in [6, 6.07) is 32.3. The number of rotatable bonds is 7. The van der Waals surface area contributed by atoms with Crippen LogP contribution in [-0.2, 0) is 21.7 Å². The second kappa shape index (κ2) is 9.84. The molecule has 180 valence electrons. The van der Waals surface area contributed by atoms with Crippen molar-refractivity contribution in [2.75, 3.05) is 7.11 Å². The van der Waals surface area contributed by atoms with Crippen LogP contribution in [0.15, 0.2) is 97.1 Å². The fourth-order valence-corrected chi connectivity index (χ4v) is 4.93. The van der Waals surface area contributed by atoms with E-state index in [9.17, 15) is 4.79 Å². The average molecular weight is 498 g/mol. The van der Waals surface area contributed by atoms with Crippen molar-refractivity contribution in [3.8, 4) is 5.88 Å². The number of nitrogens with zero attached hydrogens (tertiary/aromatic N) is 3. The van der Waals surface area contributed by atoms with Crippen molar-refractivity contribution in [2.24, 2.45) is 0 Å². The van der Waals surface area contributed by atoms with Crippen LogP contribution in [0.25, 0.3) is 10.9 Å². The summed E-state index contributed by atoms with van der Waals surface area (Å²) in [4.78, 5) is 16.0. The zero-order chi connectivity index (χ0) is 25.1. The van der Waals surface area contributed by atoms with Gasteiger partial charge in [-0.3, -0.25) is 4.79 Å². The summed E-state index contributed by atoms with van der Waals surface area (Å²) in [5, 5.41) is 5.89. The molecule has 0 fully saturated rings. The summed E-state index contributed by atoms with van der Waals surface area (Å²) in [7, 11) is 1.56. The fourth-order valence-electron chi connectivity index (χ4n) is 4.72. The van der Waals surface area contributed by atoms with Gasteiger partial charge in [0, 0.05) is 13.0 Å². The topological polar surface area (TPSA) is 66.2 Å². The summed E-state index contributed by atoms with van der Waals surface area (Å²) >= 11 is 6.52. The predicted octanol–water partition coefficient (Wildman–Crippen LogP) is 6.00. The first-order chi connectivity index (χ1) is 17.6. The van der Waals surface area contributed by atoms with Gasteiger partial charge in [-0.05, 0) is 16.7 Å². The van der Waals surface area contributed by atoms with E-state index in [1.807, 2.05) is 59.3 Å². The van der Waals surface area contributed by atoms with Crippen LogP contribution >= 0.6 is 11.6 Å². The van der Waals surface area contributed by atoms with Gasteiger partial charge in [-0.1, -0.05) is 103 Å². The molecule has 0 radical (unpaired) electrons. The van der Waals surface area contributed by atoms with Gasteiger partial charge in [0.25, 0.3) is 0 Å². The van der Waals surface area contributed by atoms with E-state index in [-0.39, 0.29) is 11.8 Å². The number of hydrogen-bond acceptors (Lipinski definition) is 5. The number of aromatic nitrogens is 3. The molecular formula is C29H24ClN3O3. The van der Waals surface area contributed by atoms with Crippen LogP contribution in [0.3, 0.4) is 0 Å². The van der Waals surface area contributed by atoms with Crippen molar-refractivity contribution >= 4 is 28.5 Å². The van der Waals surface area contributed by atoms with E-state index in [1.54, 1.807) is 13.2 Å². The van der Waals surface area contributed by atoms with E-state index in [2.05, 4.69) is 41.4 Å². The van der Waals surface area contributed by atoms with Crippen LogP contribution in [-0.4, -0.2) is 27.8 Å². The number of ether oxygens (including phenoxy) is 2. The highest BCUT2D eigenvalue weighted by Gasteiger charge is 2.41. The number of methoxy groups -OCH3 is 1. The summed E-state index contributed by atoms with van der Waals surface area (Å²) in [6.45, 7) is 1.30. The number of pyridine rings is 1. The molecule has 7 heteroatoms. The number of hydrogen-bond donors (Lipinski definition) is 0. The highest BCUT2D eigenvalue weighted by molar-refractivity contribution is 6.30. The minimum atomic E-state index is -0.873. The third-order valence-electron chi connectivity index (χ3n) is 6.17. The van der Waals surface area contributed by atoms with Crippen molar-refractivity contribution in [1.29, 1.82) is 0 Å². The van der Waals surface area contributed by atoms with Gasteiger partial charge in [-0.2, -0.15) is 0 Å². The Morgan fingerprint density at radius 2 is 1.39 bits per heavy atom. The lowest BCUT2D eigenvalue weighted by Gasteiger charge is -2.36. The van der Waals surface area contributed by atoms with Crippen molar-refractivity contribution in [3.63, 3.8) is 0 Å². The van der Waals surface area contributed by atoms with E-state index >= 15 is 0 Å². The second-order valence-electron chi connectivity index (χ2n) is 8.30. The lowest BCUT2D eigenvalue weighted by atomic mass is 9.77. The number of carbonyl (C=O) groups excluding carboxylic acids is 1. The molecule has 2 heterocycles. The first-order valence-electron chi connectivity index (χ1n) is 11.5. The summed E-state index contributed by atoms with van der Waals surface area (Å²) in [5.74, 6) is -0.0491. The molecule has 0 saturated heterocycles. The van der Waals surface area contributed by atoms with Gasteiger partial charge in [0.2, 0.25) is 5.88 Å². The first-order valence-corrected chi connectivity index (χ1v) is 11.9. The quantitative estimate of drug-likeness (QED) is 0.157. The average Bonchev–Trinajstić information content (AvgIpc) is 3.28. The Balaban J connectivity index is 1.94. The highest BCUT2D eigenvalue weighted by atomic mass is 35.5. The third-order valence-corrected chi connectivity index (χ3v) is 6.37. The van der Waals surface area contributed by atoms with Crippen LogP contribution in [0.2, 0.25) is 5.15 Å². The predicted molar refractivity (Wildman–Crippen MR) is 139 cm³/mol. The van der Waals surface area contributed by atoms with Gasteiger partial charge in [0.15, 0.2) is 0 Å². The number of carbonyl (C=O) groups is 1. The van der Waals surface area contributed by atoms with E-state index in [4.69, 9.17) is 26.2 Å². The van der Waals surface area contributed by atoms with Gasteiger partial charge >= 0.3 is 5.97 Å². The van der Waals surface area contributed by atoms with Crippen molar-refractivity contribution in [2.45, 2.75) is 19.1 Å².